The second-order valence-electron chi connectivity index (χ2n) is 27.8. The summed E-state index contributed by atoms with van der Waals surface area (Å²) in [5.74, 6) is -17.9. The molecule has 12 amide bonds. The van der Waals surface area contributed by atoms with Crippen molar-refractivity contribution < 1.29 is 92.2 Å². The van der Waals surface area contributed by atoms with E-state index in [2.05, 4.69) is 53.2 Å². The second kappa shape index (κ2) is 39.6. The molecular weight excluding hydrogens is 1280 g/mol. The van der Waals surface area contributed by atoms with Crippen LogP contribution in [0, 0.1) is 34.5 Å². The van der Waals surface area contributed by atoms with Gasteiger partial charge in [-0.1, -0.05) is 113 Å². The zero-order valence-corrected chi connectivity index (χ0v) is 58.7. The molecule has 1 aliphatic heterocycles. The van der Waals surface area contributed by atoms with Gasteiger partial charge in [0.1, 0.15) is 60.0 Å². The van der Waals surface area contributed by atoms with Gasteiger partial charge in [0.25, 0.3) is 0 Å². The molecule has 1 saturated heterocycles. The molecule has 0 unspecified atom stereocenters. The fraction of sp³-hybridized carbons (Fsp3) is 0.688. The standard InChI is InChI=1S/C64H107N15O19/c1-16-33(8)42-56(91)77-43(34(9)81)55(90)69-28-41(82)75-45(48(84)50(65)85)58(93)73-40(29-80)60(95)97-49(35-21-18-17-19-22-35)46(79-53(88)38(26-31(4)5)71-54(89)39(27-63(10,11)12)74-62(96)98-64(13,14)15)59(94)78-44(47(83)32(6)7)57(92)72-37(25-30(2)3)52(87)70-36(51(86)76-42)23-20-24-68-61(66)67/h17-19,21-22,30-34,36-40,42-49,80-81,83-84H,16,20,23-29H2,1-15H3,(H2,65,85)(H,69,90)(H,70,87)(H,71,89)(H,72,92)(H,73,93)(H,74,96)(H,75,82)(H,76,86)(H,77,91)(H,78,94)(H,79,88)(H4,66,67,68)/t33-,34-,36+,37-,38-,39+,40-,42-,43-,44-,45-,46-,47+,48-,49+/m0/s1. The number of primary amides is 1. The van der Waals surface area contributed by atoms with E-state index in [-0.39, 0.29) is 50.6 Å². The van der Waals surface area contributed by atoms with Crippen molar-refractivity contribution in [2.75, 3.05) is 19.7 Å². The first-order valence-electron chi connectivity index (χ1n) is 32.7. The zero-order valence-electron chi connectivity index (χ0n) is 58.7. The highest BCUT2D eigenvalue weighted by Crippen LogP contribution is 2.26. The van der Waals surface area contributed by atoms with E-state index in [0.717, 1.165) is 6.92 Å². The Kier molecular flexibility index (Phi) is 34.5. The first kappa shape index (κ1) is 85.3. The second-order valence-corrected chi connectivity index (χ2v) is 27.8. The average Bonchev–Trinajstić information content (AvgIpc) is 0.824. The van der Waals surface area contributed by atoms with E-state index >= 15 is 14.4 Å². The van der Waals surface area contributed by atoms with E-state index in [4.69, 9.17) is 26.4 Å². The Hall–Kier alpha value is -8.76. The molecule has 1 heterocycles. The molecule has 0 aliphatic carbocycles. The number of rotatable bonds is 23. The van der Waals surface area contributed by atoms with Crippen LogP contribution in [0.3, 0.4) is 0 Å². The molecule has 552 valence electrons. The van der Waals surface area contributed by atoms with E-state index in [1.54, 1.807) is 83.1 Å². The number of aliphatic hydroxyl groups excluding tert-OH is 4. The molecule has 21 N–H and O–H groups in total. The van der Waals surface area contributed by atoms with Gasteiger partial charge in [-0.3, -0.25) is 58.1 Å². The van der Waals surface area contributed by atoms with Gasteiger partial charge in [0, 0.05) is 6.54 Å². The predicted molar refractivity (Wildman–Crippen MR) is 355 cm³/mol. The molecule has 34 heteroatoms. The topological polar surface area (TPSA) is 542 Å². The maximum absolute atomic E-state index is 15.6. The number of guanidine groups is 1. The maximum atomic E-state index is 15.6. The third kappa shape index (κ3) is 29.1. The van der Waals surface area contributed by atoms with Gasteiger partial charge in [-0.15, -0.1) is 0 Å². The van der Waals surface area contributed by atoms with Crippen LogP contribution in [0.5, 0.6) is 0 Å². The molecule has 0 radical (unpaired) electrons. The van der Waals surface area contributed by atoms with Gasteiger partial charge in [0.2, 0.25) is 65.0 Å². The Balaban J connectivity index is 3.18. The summed E-state index contributed by atoms with van der Waals surface area (Å²) in [6.45, 7) is 21.8. The molecule has 0 aromatic heterocycles. The number of nitrogens with one attached hydrogen (secondary N) is 13. The van der Waals surface area contributed by atoms with Crippen LogP contribution in [0.15, 0.2) is 30.3 Å². The van der Waals surface area contributed by atoms with Crippen LogP contribution >= 0.6 is 0 Å². The lowest BCUT2D eigenvalue weighted by Crippen LogP contribution is -2.64. The number of carbonyl (C=O) groups excluding carboxylic acids is 13. The van der Waals surface area contributed by atoms with E-state index in [1.807, 2.05) is 10.6 Å². The lowest BCUT2D eigenvalue weighted by molar-refractivity contribution is -0.159. The van der Waals surface area contributed by atoms with Gasteiger partial charge in [-0.05, 0) is 94.4 Å². The lowest BCUT2D eigenvalue weighted by Gasteiger charge is -2.34. The van der Waals surface area contributed by atoms with Crippen LogP contribution in [0.2, 0.25) is 0 Å². The Bertz CT molecular complexity index is 2920. The summed E-state index contributed by atoms with van der Waals surface area (Å²) in [4.78, 5) is 185. The van der Waals surface area contributed by atoms with Crippen LogP contribution in [0.25, 0.3) is 0 Å². The SMILES string of the molecule is CC[C@H](C)[C@@H]1NC(=O)[C@@H](CCCNC(=N)N)NC(=O)[C@H](CC(C)C)NC(=O)[C@H]([C@H](O)C(C)C)NC(=O)[C@@H](NC(=O)[C@H](CC(C)C)NC(=O)[C@@H](CC(C)(C)C)NC(=O)OC(C)(C)C)[C@@H](c2ccccc2)OC(=O)[C@H](CO)NC(=O)[C@H]([C@H](O)C(N)=O)NC(=O)CNC(=O)[C@H]([C@H](C)O)NC1=O. The normalized spacial score (nSPS) is 23.9. The van der Waals surface area contributed by atoms with Crippen molar-refractivity contribution in [2.24, 2.45) is 40.6 Å². The molecule has 0 spiro atoms. The summed E-state index contributed by atoms with van der Waals surface area (Å²) in [7, 11) is 0. The van der Waals surface area contributed by atoms with Crippen LogP contribution in [-0.4, -0.2) is 207 Å². The quantitative estimate of drug-likeness (QED) is 0.0221. The molecule has 1 aromatic rings. The molecule has 98 heavy (non-hydrogen) atoms. The monoisotopic (exact) mass is 1390 g/mol. The van der Waals surface area contributed by atoms with E-state index in [9.17, 15) is 68.4 Å². The lowest BCUT2D eigenvalue weighted by atomic mass is 9.87. The zero-order chi connectivity index (χ0) is 74.9. The predicted octanol–water partition coefficient (Wildman–Crippen LogP) is -3.27. The number of alkyl carbamates (subject to hydrolysis) is 1. The van der Waals surface area contributed by atoms with Crippen LogP contribution in [-0.2, 0) is 67.0 Å². The molecule has 1 aliphatic rings. The number of amides is 12. The first-order chi connectivity index (χ1) is 45.4. The largest absolute Gasteiger partial charge is 0.453 e. The Labute approximate surface area is 571 Å². The van der Waals surface area contributed by atoms with E-state index in [1.165, 1.54) is 44.2 Å². The van der Waals surface area contributed by atoms with E-state index in [0.29, 0.717) is 0 Å². The molecular formula is C64H107N15O19. The van der Waals surface area contributed by atoms with Gasteiger partial charge in [-0.25, -0.2) is 9.59 Å². The number of cyclic esters (lactones) is 1. The molecule has 1 aromatic carbocycles. The highest BCUT2D eigenvalue weighted by molar-refractivity contribution is 6.00. The third-order valence-corrected chi connectivity index (χ3v) is 15.2. The summed E-state index contributed by atoms with van der Waals surface area (Å²) < 4.78 is 11.4. The van der Waals surface area contributed by atoms with E-state index < -0.39 is 216 Å². The number of ether oxygens (including phenoxy) is 2. The minimum atomic E-state index is -2.60. The summed E-state index contributed by atoms with van der Waals surface area (Å²) in [5, 5.41) is 81.2. The van der Waals surface area contributed by atoms with Crippen LogP contribution < -0.4 is 75.3 Å². The van der Waals surface area contributed by atoms with Gasteiger partial charge in [0.15, 0.2) is 24.2 Å². The number of esters is 1. The number of hydrogen-bond acceptors (Lipinski definition) is 20. The number of benzene rings is 1. The van der Waals surface area contributed by atoms with Crippen molar-refractivity contribution in [3.05, 3.63) is 35.9 Å². The van der Waals surface area contributed by atoms with Gasteiger partial charge in [-0.2, -0.15) is 0 Å². The van der Waals surface area contributed by atoms with Crippen molar-refractivity contribution >= 4 is 83.0 Å². The smallest absolute Gasteiger partial charge is 0.408 e. The average molecular weight is 1390 g/mol. The maximum Gasteiger partial charge on any atom is 0.408 e. The van der Waals surface area contributed by atoms with Crippen LogP contribution in [0.1, 0.15) is 154 Å². The van der Waals surface area contributed by atoms with Crippen molar-refractivity contribution in [3.63, 3.8) is 0 Å². The third-order valence-electron chi connectivity index (χ3n) is 15.2. The van der Waals surface area contributed by atoms with Crippen molar-refractivity contribution in [1.29, 1.82) is 5.41 Å². The summed E-state index contributed by atoms with van der Waals surface area (Å²) in [6.07, 6.45) is -9.51. The molecule has 1 fully saturated rings. The van der Waals surface area contributed by atoms with Crippen molar-refractivity contribution in [1.82, 2.24) is 63.8 Å². The molecule has 0 bridgehead atoms. The molecule has 34 nitrogen and oxygen atoms in total. The first-order valence-corrected chi connectivity index (χ1v) is 32.7. The summed E-state index contributed by atoms with van der Waals surface area (Å²) in [6, 6.07) is -11.5. The molecule has 2 rings (SSSR count). The van der Waals surface area contributed by atoms with Crippen molar-refractivity contribution in [2.45, 2.75) is 233 Å². The minimum absolute atomic E-state index is 0.000272. The van der Waals surface area contributed by atoms with Gasteiger partial charge < -0.3 is 105 Å². The Morgan fingerprint density at radius 1 is 0.663 bits per heavy atom. The molecule has 15 atom stereocenters. The van der Waals surface area contributed by atoms with Gasteiger partial charge >= 0.3 is 12.1 Å². The number of carbonyl (C=O) groups is 13. The fourth-order valence-corrected chi connectivity index (χ4v) is 9.93. The highest BCUT2D eigenvalue weighted by atomic mass is 16.6. The number of hydrogen-bond donors (Lipinski definition) is 19. The van der Waals surface area contributed by atoms with Gasteiger partial charge in [0.05, 0.1) is 25.4 Å². The molecule has 0 saturated carbocycles. The minimum Gasteiger partial charge on any atom is -0.453 e. The highest BCUT2D eigenvalue weighted by Gasteiger charge is 2.44. The number of nitrogens with two attached hydrogens (primary N) is 2. The summed E-state index contributed by atoms with van der Waals surface area (Å²) in [5.41, 5.74) is 9.13. The fourth-order valence-electron chi connectivity index (χ4n) is 9.93. The Morgan fingerprint density at radius 2 is 1.21 bits per heavy atom. The number of aliphatic hydroxyl groups is 4. The van der Waals surface area contributed by atoms with Crippen LogP contribution in [0.4, 0.5) is 4.79 Å². The van der Waals surface area contributed by atoms with Crippen molar-refractivity contribution in [3.8, 4) is 0 Å². The summed E-state index contributed by atoms with van der Waals surface area (Å²) >= 11 is 0. The Morgan fingerprint density at radius 3 is 1.73 bits per heavy atom.